The molecule has 1 amide bonds. The zero-order valence-corrected chi connectivity index (χ0v) is 14.5. The van der Waals surface area contributed by atoms with E-state index in [0.29, 0.717) is 13.1 Å². The van der Waals surface area contributed by atoms with Crippen LogP contribution in [0, 0.1) is 0 Å². The second-order valence-electron chi connectivity index (χ2n) is 6.12. The van der Waals surface area contributed by atoms with Crippen molar-refractivity contribution in [3.05, 3.63) is 41.4 Å². The summed E-state index contributed by atoms with van der Waals surface area (Å²) in [7, 11) is 0. The molecule has 0 atom stereocenters. The first-order chi connectivity index (χ1) is 12.3. The van der Waals surface area contributed by atoms with Gasteiger partial charge in [0.05, 0.1) is 23.8 Å². The molecule has 0 spiro atoms. The lowest BCUT2D eigenvalue weighted by atomic mass is 10.1. The molecule has 1 aliphatic heterocycles. The zero-order valence-electron chi connectivity index (χ0n) is 13.7. The van der Waals surface area contributed by atoms with Crippen LogP contribution in [0.25, 0.3) is 0 Å². The lowest BCUT2D eigenvalue weighted by Gasteiger charge is -2.31. The maximum atomic E-state index is 13.1. The van der Waals surface area contributed by atoms with Crippen molar-refractivity contribution in [2.45, 2.75) is 25.1 Å². The Morgan fingerprint density at radius 1 is 1.31 bits per heavy atom. The van der Waals surface area contributed by atoms with Gasteiger partial charge in [-0.3, -0.25) is 9.69 Å². The van der Waals surface area contributed by atoms with Crippen molar-refractivity contribution >= 4 is 23.2 Å². The maximum Gasteiger partial charge on any atom is 0.418 e. The Balaban J connectivity index is 1.57. The number of nitrogens with zero attached hydrogens (tertiary/aromatic N) is 4. The molecule has 1 fully saturated rings. The number of likely N-dealkylation sites (tertiary alicyclic amines) is 1. The highest BCUT2D eigenvalue weighted by Gasteiger charge is 2.34. The Bertz CT molecular complexity index is 758. The van der Waals surface area contributed by atoms with Crippen molar-refractivity contribution in [3.63, 3.8) is 0 Å². The summed E-state index contributed by atoms with van der Waals surface area (Å²) in [5.41, 5.74) is -1.24. The molecule has 1 aromatic carbocycles. The van der Waals surface area contributed by atoms with Gasteiger partial charge in [0.15, 0.2) is 0 Å². The van der Waals surface area contributed by atoms with Gasteiger partial charge in [0.2, 0.25) is 5.91 Å². The van der Waals surface area contributed by atoms with Crippen molar-refractivity contribution in [1.82, 2.24) is 19.7 Å². The van der Waals surface area contributed by atoms with Gasteiger partial charge in [-0.15, -0.1) is 0 Å². The average molecular weight is 388 g/mol. The van der Waals surface area contributed by atoms with E-state index in [-0.39, 0.29) is 23.3 Å². The van der Waals surface area contributed by atoms with E-state index in [0.717, 1.165) is 18.9 Å². The van der Waals surface area contributed by atoms with E-state index in [1.165, 1.54) is 18.5 Å². The minimum Gasteiger partial charge on any atom is -0.324 e. The third kappa shape index (κ3) is 4.53. The van der Waals surface area contributed by atoms with E-state index in [9.17, 15) is 18.0 Å². The van der Waals surface area contributed by atoms with Gasteiger partial charge in [0.1, 0.15) is 12.7 Å². The summed E-state index contributed by atoms with van der Waals surface area (Å²) >= 11 is 5.64. The summed E-state index contributed by atoms with van der Waals surface area (Å²) in [4.78, 5) is 18.0. The molecule has 1 saturated heterocycles. The minimum absolute atomic E-state index is 0.0317. The first kappa shape index (κ1) is 18.7. The Hall–Kier alpha value is -2.13. The predicted octanol–water partition coefficient (Wildman–Crippen LogP) is 3.23. The fourth-order valence-electron chi connectivity index (χ4n) is 3.00. The Labute approximate surface area is 153 Å². The maximum absolute atomic E-state index is 13.1. The smallest absolute Gasteiger partial charge is 0.324 e. The molecule has 0 unspecified atom stereocenters. The third-order valence-corrected chi connectivity index (χ3v) is 4.53. The predicted molar refractivity (Wildman–Crippen MR) is 89.8 cm³/mol. The number of alkyl halides is 3. The first-order valence-corrected chi connectivity index (χ1v) is 8.44. The van der Waals surface area contributed by atoms with Crippen molar-refractivity contribution in [3.8, 4) is 0 Å². The Morgan fingerprint density at radius 3 is 2.65 bits per heavy atom. The van der Waals surface area contributed by atoms with Crippen LogP contribution in [0.4, 0.5) is 18.9 Å². The summed E-state index contributed by atoms with van der Waals surface area (Å²) in [6.07, 6.45) is 0.136. The number of amides is 1. The van der Waals surface area contributed by atoms with E-state index in [2.05, 4.69) is 15.4 Å². The summed E-state index contributed by atoms with van der Waals surface area (Å²) in [5.74, 6) is -0.489. The topological polar surface area (TPSA) is 63.1 Å². The van der Waals surface area contributed by atoms with Gasteiger partial charge in [-0.2, -0.15) is 18.3 Å². The minimum atomic E-state index is -4.59. The van der Waals surface area contributed by atoms with Gasteiger partial charge >= 0.3 is 6.18 Å². The molecule has 0 saturated carbocycles. The molecule has 3 rings (SSSR count). The van der Waals surface area contributed by atoms with Gasteiger partial charge < -0.3 is 5.32 Å². The van der Waals surface area contributed by atoms with Crippen LogP contribution >= 0.6 is 11.6 Å². The largest absolute Gasteiger partial charge is 0.418 e. The molecule has 1 N–H and O–H groups in total. The number of hydrogen-bond donors (Lipinski definition) is 1. The van der Waals surface area contributed by atoms with Gasteiger partial charge in [-0.25, -0.2) is 9.67 Å². The molecular formula is C16H17ClF3N5O. The second kappa shape index (κ2) is 7.63. The van der Waals surface area contributed by atoms with E-state index < -0.39 is 17.6 Å². The average Bonchev–Trinajstić information content (AvgIpc) is 3.11. The van der Waals surface area contributed by atoms with Crippen LogP contribution in [-0.4, -0.2) is 45.2 Å². The van der Waals surface area contributed by atoms with Crippen LogP contribution in [0.1, 0.15) is 24.4 Å². The molecule has 6 nitrogen and oxygen atoms in total. The van der Waals surface area contributed by atoms with Crippen molar-refractivity contribution < 1.29 is 18.0 Å². The molecule has 2 aromatic rings. The van der Waals surface area contributed by atoms with Gasteiger partial charge in [-0.1, -0.05) is 11.6 Å². The third-order valence-electron chi connectivity index (χ3n) is 4.30. The van der Waals surface area contributed by atoms with E-state index >= 15 is 0 Å². The second-order valence-corrected chi connectivity index (χ2v) is 6.56. The number of nitrogens with one attached hydrogen (secondary N) is 1. The number of piperidine rings is 1. The van der Waals surface area contributed by atoms with Crippen molar-refractivity contribution in [1.29, 1.82) is 0 Å². The summed E-state index contributed by atoms with van der Waals surface area (Å²) in [6.45, 7) is 1.35. The quantitative estimate of drug-likeness (QED) is 0.875. The van der Waals surface area contributed by atoms with Crippen LogP contribution < -0.4 is 5.32 Å². The van der Waals surface area contributed by atoms with Crippen LogP contribution in [0.5, 0.6) is 0 Å². The Morgan fingerprint density at radius 2 is 2.04 bits per heavy atom. The molecule has 0 radical (unpaired) electrons. The number of carbonyl (C=O) groups excluding carboxylic acids is 1. The molecule has 0 bridgehead atoms. The van der Waals surface area contributed by atoms with E-state index in [1.54, 1.807) is 11.0 Å². The molecular weight excluding hydrogens is 371 g/mol. The first-order valence-electron chi connectivity index (χ1n) is 8.06. The monoisotopic (exact) mass is 387 g/mol. The van der Waals surface area contributed by atoms with Gasteiger partial charge in [-0.05, 0) is 31.0 Å². The lowest BCUT2D eigenvalue weighted by Crippen LogP contribution is -2.40. The molecule has 26 heavy (non-hydrogen) atoms. The van der Waals surface area contributed by atoms with E-state index in [4.69, 9.17) is 11.6 Å². The Kier molecular flexibility index (Phi) is 5.47. The standard InChI is InChI=1S/C16H17ClF3N5O/c17-11-1-2-14(13(7-11)16(18,19)20)23-15(26)8-24-5-3-12(4-6-24)25-10-21-9-22-25/h1-2,7,9-10,12H,3-6,8H2,(H,23,26). The van der Waals surface area contributed by atoms with Crippen LogP contribution in [0.15, 0.2) is 30.9 Å². The zero-order chi connectivity index (χ0) is 18.7. The molecule has 1 aromatic heterocycles. The highest BCUT2D eigenvalue weighted by Crippen LogP contribution is 2.36. The fourth-order valence-corrected chi connectivity index (χ4v) is 3.17. The highest BCUT2D eigenvalue weighted by molar-refractivity contribution is 6.30. The molecule has 10 heteroatoms. The number of rotatable bonds is 4. The van der Waals surface area contributed by atoms with Crippen LogP contribution in [0.2, 0.25) is 5.02 Å². The lowest BCUT2D eigenvalue weighted by molar-refractivity contribution is -0.137. The molecule has 140 valence electrons. The normalized spacial score (nSPS) is 16.6. The van der Waals surface area contributed by atoms with Gasteiger partial charge in [0, 0.05) is 18.1 Å². The SMILES string of the molecule is O=C(CN1CCC(n2cncn2)CC1)Nc1ccc(Cl)cc1C(F)(F)F. The van der Waals surface area contributed by atoms with Gasteiger partial charge in [0.25, 0.3) is 0 Å². The number of aromatic nitrogens is 3. The number of carbonyl (C=O) groups is 1. The number of anilines is 1. The molecule has 0 aliphatic carbocycles. The van der Waals surface area contributed by atoms with Crippen LogP contribution in [0.3, 0.4) is 0 Å². The summed E-state index contributed by atoms with van der Waals surface area (Å²) in [6, 6.07) is 3.52. The summed E-state index contributed by atoms with van der Waals surface area (Å²) in [5, 5.41) is 6.42. The van der Waals surface area contributed by atoms with Crippen molar-refractivity contribution in [2.24, 2.45) is 0 Å². The number of benzene rings is 1. The fraction of sp³-hybridized carbons (Fsp3) is 0.438. The van der Waals surface area contributed by atoms with Crippen molar-refractivity contribution in [2.75, 3.05) is 25.0 Å². The molecule has 1 aliphatic rings. The number of hydrogen-bond acceptors (Lipinski definition) is 4. The number of halogens is 4. The summed E-state index contributed by atoms with van der Waals surface area (Å²) < 4.78 is 41.0. The molecule has 2 heterocycles. The van der Waals surface area contributed by atoms with Crippen LogP contribution in [-0.2, 0) is 11.0 Å². The highest BCUT2D eigenvalue weighted by atomic mass is 35.5. The van der Waals surface area contributed by atoms with E-state index in [1.807, 2.05) is 4.90 Å².